The van der Waals surface area contributed by atoms with E-state index < -0.39 is 0 Å². The van der Waals surface area contributed by atoms with Crippen LogP contribution < -0.4 is 10.6 Å². The van der Waals surface area contributed by atoms with Crippen LogP contribution in [0, 0.1) is 0 Å². The highest BCUT2D eigenvalue weighted by molar-refractivity contribution is 7.13. The number of piperidine rings is 1. The molecule has 3 aromatic heterocycles. The number of carbonyl (C=O) groups excluding carboxylic acids is 1. The van der Waals surface area contributed by atoms with Crippen molar-refractivity contribution in [2.24, 2.45) is 0 Å². The largest absolute Gasteiger partial charge is 0.348 e. The van der Waals surface area contributed by atoms with Gasteiger partial charge in [0.25, 0.3) is 5.91 Å². The van der Waals surface area contributed by atoms with Gasteiger partial charge in [-0.2, -0.15) is 0 Å². The van der Waals surface area contributed by atoms with Gasteiger partial charge < -0.3 is 15.6 Å². The second-order valence-corrected chi connectivity index (χ2v) is 6.58. The molecule has 4 heterocycles. The number of imidazole rings is 1. The van der Waals surface area contributed by atoms with E-state index in [1.807, 2.05) is 17.5 Å². The number of H-pyrrole nitrogens is 1. The summed E-state index contributed by atoms with van der Waals surface area (Å²) in [5, 5.41) is 8.40. The molecule has 6 nitrogen and oxygen atoms in total. The van der Waals surface area contributed by atoms with Crippen molar-refractivity contribution in [2.45, 2.75) is 18.9 Å². The molecule has 0 aliphatic carbocycles. The van der Waals surface area contributed by atoms with E-state index in [0.29, 0.717) is 16.7 Å². The Kier molecular flexibility index (Phi) is 3.80. The minimum atomic E-state index is -0.0764. The SMILES string of the molecule is O=C(N[C@@H]1CCCNC1)c1ccnc2nc(-c3cccs3)[nH]c12. The van der Waals surface area contributed by atoms with Crippen molar-refractivity contribution in [2.75, 3.05) is 13.1 Å². The van der Waals surface area contributed by atoms with Crippen molar-refractivity contribution in [1.82, 2.24) is 25.6 Å². The number of hydrogen-bond acceptors (Lipinski definition) is 5. The van der Waals surface area contributed by atoms with Crippen molar-refractivity contribution < 1.29 is 4.79 Å². The molecule has 118 valence electrons. The second kappa shape index (κ2) is 6.10. The molecule has 7 heteroatoms. The van der Waals surface area contributed by atoms with Gasteiger partial charge in [0.05, 0.1) is 16.0 Å². The predicted octanol–water partition coefficient (Wildman–Crippen LogP) is 2.17. The molecule has 1 saturated heterocycles. The molecule has 1 aliphatic heterocycles. The van der Waals surface area contributed by atoms with E-state index in [-0.39, 0.29) is 11.9 Å². The summed E-state index contributed by atoms with van der Waals surface area (Å²) in [6, 6.07) is 5.89. The van der Waals surface area contributed by atoms with Crippen LogP contribution in [0.1, 0.15) is 23.2 Å². The molecular weight excluding hydrogens is 310 g/mol. The number of amides is 1. The maximum Gasteiger partial charge on any atom is 0.253 e. The Labute approximate surface area is 137 Å². The normalized spacial score (nSPS) is 18.2. The topological polar surface area (TPSA) is 82.7 Å². The van der Waals surface area contributed by atoms with Gasteiger partial charge in [-0.15, -0.1) is 11.3 Å². The smallest absolute Gasteiger partial charge is 0.253 e. The highest BCUT2D eigenvalue weighted by Gasteiger charge is 2.19. The van der Waals surface area contributed by atoms with E-state index in [4.69, 9.17) is 0 Å². The van der Waals surface area contributed by atoms with E-state index in [2.05, 4.69) is 25.6 Å². The quantitative estimate of drug-likeness (QED) is 0.688. The molecule has 3 N–H and O–H groups in total. The fourth-order valence-electron chi connectivity index (χ4n) is 2.87. The minimum absolute atomic E-state index is 0.0764. The molecule has 0 spiro atoms. The Bertz CT molecular complexity index is 820. The molecule has 23 heavy (non-hydrogen) atoms. The number of aromatic amines is 1. The van der Waals surface area contributed by atoms with Crippen LogP contribution in [-0.2, 0) is 0 Å². The van der Waals surface area contributed by atoms with E-state index >= 15 is 0 Å². The summed E-state index contributed by atoms with van der Waals surface area (Å²) in [5.74, 6) is 0.676. The lowest BCUT2D eigenvalue weighted by molar-refractivity contribution is 0.0932. The Morgan fingerprint density at radius 3 is 3.13 bits per heavy atom. The molecule has 0 aromatic carbocycles. The number of hydrogen-bond donors (Lipinski definition) is 3. The van der Waals surface area contributed by atoms with Gasteiger partial charge in [-0.25, -0.2) is 9.97 Å². The van der Waals surface area contributed by atoms with Crippen LogP contribution >= 0.6 is 11.3 Å². The first-order valence-electron chi connectivity index (χ1n) is 7.71. The maximum absolute atomic E-state index is 12.6. The van der Waals surface area contributed by atoms with Gasteiger partial charge in [-0.05, 0) is 36.9 Å². The van der Waals surface area contributed by atoms with Crippen molar-refractivity contribution in [3.05, 3.63) is 35.3 Å². The van der Waals surface area contributed by atoms with Gasteiger partial charge in [0.1, 0.15) is 0 Å². The van der Waals surface area contributed by atoms with Gasteiger partial charge in [-0.1, -0.05) is 6.07 Å². The van der Waals surface area contributed by atoms with Gasteiger partial charge in [-0.3, -0.25) is 4.79 Å². The molecular formula is C16H17N5OS. The molecule has 1 aliphatic rings. The number of aromatic nitrogens is 3. The monoisotopic (exact) mass is 327 g/mol. The summed E-state index contributed by atoms with van der Waals surface area (Å²) in [6.45, 7) is 1.85. The van der Waals surface area contributed by atoms with E-state index in [0.717, 1.165) is 36.6 Å². The predicted molar refractivity (Wildman–Crippen MR) is 90.6 cm³/mol. The highest BCUT2D eigenvalue weighted by atomic mass is 32.1. The third-order valence-electron chi connectivity index (χ3n) is 4.02. The number of fused-ring (bicyclic) bond motifs is 1. The molecule has 1 amide bonds. The highest BCUT2D eigenvalue weighted by Crippen LogP contribution is 2.25. The lowest BCUT2D eigenvalue weighted by Gasteiger charge is -2.23. The van der Waals surface area contributed by atoms with Crippen molar-refractivity contribution in [3.8, 4) is 10.7 Å². The summed E-state index contributed by atoms with van der Waals surface area (Å²) in [6.07, 6.45) is 3.73. The zero-order valence-corrected chi connectivity index (χ0v) is 13.3. The Morgan fingerprint density at radius 1 is 1.39 bits per heavy atom. The fraction of sp³-hybridized carbons (Fsp3) is 0.312. The Balaban J connectivity index is 1.65. The zero-order chi connectivity index (χ0) is 15.6. The molecule has 0 unspecified atom stereocenters. The first-order chi connectivity index (χ1) is 11.3. The van der Waals surface area contributed by atoms with Crippen LogP contribution in [0.3, 0.4) is 0 Å². The number of carbonyl (C=O) groups is 1. The van der Waals surface area contributed by atoms with Crippen LogP contribution in [-0.4, -0.2) is 40.0 Å². The van der Waals surface area contributed by atoms with Crippen molar-refractivity contribution in [3.63, 3.8) is 0 Å². The Hall–Kier alpha value is -2.25. The van der Waals surface area contributed by atoms with Gasteiger partial charge in [0, 0.05) is 18.8 Å². The third kappa shape index (κ3) is 2.85. The van der Waals surface area contributed by atoms with Crippen molar-refractivity contribution in [1.29, 1.82) is 0 Å². The van der Waals surface area contributed by atoms with Crippen LogP contribution in [0.2, 0.25) is 0 Å². The second-order valence-electron chi connectivity index (χ2n) is 5.64. The molecule has 0 radical (unpaired) electrons. The first-order valence-corrected chi connectivity index (χ1v) is 8.59. The lowest BCUT2D eigenvalue weighted by Crippen LogP contribution is -2.45. The minimum Gasteiger partial charge on any atom is -0.348 e. The maximum atomic E-state index is 12.6. The zero-order valence-electron chi connectivity index (χ0n) is 12.5. The molecule has 4 rings (SSSR count). The van der Waals surface area contributed by atoms with Crippen LogP contribution in [0.4, 0.5) is 0 Å². The summed E-state index contributed by atoms with van der Waals surface area (Å²) in [4.78, 5) is 25.7. The van der Waals surface area contributed by atoms with Crippen LogP contribution in [0.5, 0.6) is 0 Å². The van der Waals surface area contributed by atoms with Gasteiger partial charge >= 0.3 is 0 Å². The molecule has 0 saturated carbocycles. The molecule has 3 aromatic rings. The summed E-state index contributed by atoms with van der Waals surface area (Å²) in [5.41, 5.74) is 1.86. The molecule has 0 bridgehead atoms. The average Bonchev–Trinajstić information content (AvgIpc) is 3.24. The first kappa shape index (κ1) is 14.3. The van der Waals surface area contributed by atoms with Crippen molar-refractivity contribution >= 4 is 28.4 Å². The van der Waals surface area contributed by atoms with E-state index in [9.17, 15) is 4.79 Å². The number of rotatable bonds is 3. The van der Waals surface area contributed by atoms with E-state index in [1.54, 1.807) is 23.6 Å². The fourth-order valence-corrected chi connectivity index (χ4v) is 3.54. The lowest BCUT2D eigenvalue weighted by atomic mass is 10.1. The molecule has 1 atom stereocenters. The number of nitrogens with zero attached hydrogens (tertiary/aromatic N) is 2. The number of nitrogens with one attached hydrogen (secondary N) is 3. The third-order valence-corrected chi connectivity index (χ3v) is 4.90. The molecule has 1 fully saturated rings. The average molecular weight is 327 g/mol. The van der Waals surface area contributed by atoms with Crippen LogP contribution in [0.25, 0.3) is 21.9 Å². The summed E-state index contributed by atoms with van der Waals surface area (Å²) in [7, 11) is 0. The van der Waals surface area contributed by atoms with Crippen LogP contribution in [0.15, 0.2) is 29.8 Å². The summed E-state index contributed by atoms with van der Waals surface area (Å²) < 4.78 is 0. The Morgan fingerprint density at radius 2 is 2.35 bits per heavy atom. The van der Waals surface area contributed by atoms with E-state index in [1.165, 1.54) is 0 Å². The van der Waals surface area contributed by atoms with Gasteiger partial charge in [0.2, 0.25) is 0 Å². The standard InChI is InChI=1S/C16H17N5OS/c22-16(19-10-3-1-6-17-9-10)11-5-7-18-15-13(11)20-14(21-15)12-4-2-8-23-12/h2,4-5,7-8,10,17H,1,3,6,9H2,(H,19,22)(H,18,20,21)/t10-/m1/s1. The van der Waals surface area contributed by atoms with Gasteiger partial charge in [0.15, 0.2) is 11.5 Å². The number of thiophene rings is 1. The summed E-state index contributed by atoms with van der Waals surface area (Å²) >= 11 is 1.60. The number of pyridine rings is 1.